The van der Waals surface area contributed by atoms with Crippen molar-refractivity contribution in [1.29, 1.82) is 0 Å². The molecule has 0 aliphatic heterocycles. The molecule has 0 saturated heterocycles. The number of hydrogen-bond acceptors (Lipinski definition) is 3. The Hall–Kier alpha value is -2.29. The van der Waals surface area contributed by atoms with Crippen molar-refractivity contribution in [3.8, 4) is 11.5 Å². The van der Waals surface area contributed by atoms with Crippen LogP contribution in [0.25, 0.3) is 22.6 Å². The largest absolute Gasteiger partial charge is 0.436 e. The minimum atomic E-state index is 0.620. The van der Waals surface area contributed by atoms with E-state index in [9.17, 15) is 0 Å². The van der Waals surface area contributed by atoms with Gasteiger partial charge in [-0.1, -0.05) is 18.2 Å². The number of oxazole rings is 1. The van der Waals surface area contributed by atoms with Crippen molar-refractivity contribution in [3.05, 3.63) is 47.5 Å². The zero-order valence-corrected chi connectivity index (χ0v) is 10.4. The van der Waals surface area contributed by atoms with Crippen LogP contribution in [-0.4, -0.2) is 4.98 Å². The molecule has 2 N–H and O–H groups in total. The summed E-state index contributed by atoms with van der Waals surface area (Å²) in [6.07, 6.45) is 0. The second kappa shape index (κ2) is 3.88. The molecule has 0 unspecified atom stereocenters. The van der Waals surface area contributed by atoms with Crippen LogP contribution in [0, 0.1) is 13.8 Å². The number of benzene rings is 2. The molecule has 3 rings (SSSR count). The molecular weight excluding hydrogens is 224 g/mol. The number of nitrogen functional groups attached to an aromatic ring is 1. The number of aryl methyl sites for hydroxylation is 2. The van der Waals surface area contributed by atoms with Crippen LogP contribution in [0.2, 0.25) is 0 Å². The molecule has 0 fully saturated rings. The van der Waals surface area contributed by atoms with Crippen LogP contribution in [-0.2, 0) is 0 Å². The van der Waals surface area contributed by atoms with E-state index in [2.05, 4.69) is 11.1 Å². The van der Waals surface area contributed by atoms with Gasteiger partial charge in [-0.3, -0.25) is 0 Å². The van der Waals surface area contributed by atoms with Crippen molar-refractivity contribution >= 4 is 16.8 Å². The zero-order valence-electron chi connectivity index (χ0n) is 10.4. The van der Waals surface area contributed by atoms with Gasteiger partial charge in [0.1, 0.15) is 5.52 Å². The van der Waals surface area contributed by atoms with E-state index in [1.165, 1.54) is 0 Å². The Labute approximate surface area is 105 Å². The van der Waals surface area contributed by atoms with Gasteiger partial charge in [-0.05, 0) is 43.2 Å². The fraction of sp³-hybridized carbons (Fsp3) is 0.133. The zero-order chi connectivity index (χ0) is 12.7. The first kappa shape index (κ1) is 10.8. The molecule has 90 valence electrons. The van der Waals surface area contributed by atoms with Gasteiger partial charge in [0.2, 0.25) is 5.89 Å². The molecule has 0 aliphatic rings. The smallest absolute Gasteiger partial charge is 0.227 e. The molecule has 0 saturated carbocycles. The first-order valence-electron chi connectivity index (χ1n) is 5.88. The second-order valence-corrected chi connectivity index (χ2v) is 4.52. The highest BCUT2D eigenvalue weighted by Crippen LogP contribution is 2.28. The van der Waals surface area contributed by atoms with Gasteiger partial charge < -0.3 is 10.2 Å². The average molecular weight is 238 g/mol. The van der Waals surface area contributed by atoms with Crippen molar-refractivity contribution in [1.82, 2.24) is 4.98 Å². The highest BCUT2D eigenvalue weighted by Gasteiger charge is 2.11. The van der Waals surface area contributed by atoms with Crippen molar-refractivity contribution in [3.63, 3.8) is 0 Å². The Balaban J connectivity index is 2.26. The van der Waals surface area contributed by atoms with E-state index < -0.39 is 0 Å². The minimum Gasteiger partial charge on any atom is -0.436 e. The normalized spacial score (nSPS) is 11.0. The first-order valence-corrected chi connectivity index (χ1v) is 5.88. The summed E-state index contributed by atoms with van der Waals surface area (Å²) in [4.78, 5) is 4.56. The Bertz CT molecular complexity index is 689. The van der Waals surface area contributed by atoms with Crippen LogP contribution in [0.3, 0.4) is 0 Å². The van der Waals surface area contributed by atoms with Gasteiger partial charge in [0.15, 0.2) is 5.58 Å². The Morgan fingerprint density at radius 1 is 1.06 bits per heavy atom. The standard InChI is InChI=1S/C15H14N2O/c1-9-6-7-10(2)14-13(9)17-15(18-14)11-4-3-5-12(16)8-11/h3-8H,16H2,1-2H3. The van der Waals surface area contributed by atoms with E-state index in [1.807, 2.05) is 44.2 Å². The topological polar surface area (TPSA) is 52.0 Å². The molecule has 2 aromatic carbocycles. The number of aromatic nitrogens is 1. The van der Waals surface area contributed by atoms with Crippen LogP contribution in [0.5, 0.6) is 0 Å². The van der Waals surface area contributed by atoms with Crippen molar-refractivity contribution in [2.24, 2.45) is 0 Å². The Morgan fingerprint density at radius 3 is 2.56 bits per heavy atom. The van der Waals surface area contributed by atoms with Gasteiger partial charge in [-0.15, -0.1) is 0 Å². The second-order valence-electron chi connectivity index (χ2n) is 4.52. The third-order valence-corrected chi connectivity index (χ3v) is 3.08. The lowest BCUT2D eigenvalue weighted by Gasteiger charge is -1.96. The number of fused-ring (bicyclic) bond motifs is 1. The summed E-state index contributed by atoms with van der Waals surface area (Å²) >= 11 is 0. The number of nitrogens with two attached hydrogens (primary N) is 1. The molecule has 1 heterocycles. The monoisotopic (exact) mass is 238 g/mol. The average Bonchev–Trinajstić information content (AvgIpc) is 2.80. The lowest BCUT2D eigenvalue weighted by Crippen LogP contribution is -1.84. The molecule has 0 spiro atoms. The SMILES string of the molecule is Cc1ccc(C)c2oc(-c3cccc(N)c3)nc12. The summed E-state index contributed by atoms with van der Waals surface area (Å²) in [5.74, 6) is 0.620. The summed E-state index contributed by atoms with van der Waals surface area (Å²) in [5.41, 5.74) is 11.4. The lowest BCUT2D eigenvalue weighted by atomic mass is 10.1. The Morgan fingerprint density at radius 2 is 1.83 bits per heavy atom. The van der Waals surface area contributed by atoms with Gasteiger partial charge in [-0.2, -0.15) is 0 Å². The molecule has 0 atom stereocenters. The van der Waals surface area contributed by atoms with Gasteiger partial charge in [0.25, 0.3) is 0 Å². The quantitative estimate of drug-likeness (QED) is 0.658. The van der Waals surface area contributed by atoms with Crippen LogP contribution in [0.15, 0.2) is 40.8 Å². The molecule has 1 aromatic heterocycles. The summed E-state index contributed by atoms with van der Waals surface area (Å²) in [6.45, 7) is 4.06. The predicted molar refractivity (Wildman–Crippen MR) is 73.3 cm³/mol. The number of rotatable bonds is 1. The van der Waals surface area contributed by atoms with Crippen molar-refractivity contribution < 1.29 is 4.42 Å². The van der Waals surface area contributed by atoms with Crippen LogP contribution in [0.4, 0.5) is 5.69 Å². The van der Waals surface area contributed by atoms with E-state index >= 15 is 0 Å². The fourth-order valence-corrected chi connectivity index (χ4v) is 2.05. The third-order valence-electron chi connectivity index (χ3n) is 3.08. The van der Waals surface area contributed by atoms with Gasteiger partial charge in [-0.25, -0.2) is 4.98 Å². The van der Waals surface area contributed by atoms with E-state index in [1.54, 1.807) is 0 Å². The van der Waals surface area contributed by atoms with Gasteiger partial charge >= 0.3 is 0 Å². The molecule has 3 heteroatoms. The third kappa shape index (κ3) is 1.64. The van der Waals surface area contributed by atoms with Gasteiger partial charge in [0, 0.05) is 11.3 Å². The first-order chi connectivity index (χ1) is 8.65. The van der Waals surface area contributed by atoms with Crippen LogP contribution < -0.4 is 5.73 Å². The molecule has 0 radical (unpaired) electrons. The Kier molecular flexibility index (Phi) is 2.33. The van der Waals surface area contributed by atoms with Crippen LogP contribution >= 0.6 is 0 Å². The maximum Gasteiger partial charge on any atom is 0.227 e. The van der Waals surface area contributed by atoms with Crippen LogP contribution in [0.1, 0.15) is 11.1 Å². The summed E-state index contributed by atoms with van der Waals surface area (Å²) in [7, 11) is 0. The molecule has 18 heavy (non-hydrogen) atoms. The van der Waals surface area contributed by atoms with E-state index in [-0.39, 0.29) is 0 Å². The maximum absolute atomic E-state index is 5.85. The van der Waals surface area contributed by atoms with E-state index in [4.69, 9.17) is 10.2 Å². The molecule has 0 aliphatic carbocycles. The summed E-state index contributed by atoms with van der Waals surface area (Å²) < 4.78 is 5.85. The molecule has 3 nitrogen and oxygen atoms in total. The highest BCUT2D eigenvalue weighted by molar-refractivity contribution is 5.82. The molecule has 0 amide bonds. The molecule has 3 aromatic rings. The summed E-state index contributed by atoms with van der Waals surface area (Å²) in [5, 5.41) is 0. The molecule has 0 bridgehead atoms. The highest BCUT2D eigenvalue weighted by atomic mass is 16.3. The fourth-order valence-electron chi connectivity index (χ4n) is 2.05. The number of nitrogens with zero attached hydrogens (tertiary/aromatic N) is 1. The van der Waals surface area contributed by atoms with Gasteiger partial charge in [0.05, 0.1) is 0 Å². The van der Waals surface area contributed by atoms with Crippen molar-refractivity contribution in [2.45, 2.75) is 13.8 Å². The molecular formula is C15H14N2O. The number of anilines is 1. The lowest BCUT2D eigenvalue weighted by molar-refractivity contribution is 0.617. The van der Waals surface area contributed by atoms with E-state index in [0.29, 0.717) is 11.6 Å². The summed E-state index contributed by atoms with van der Waals surface area (Å²) in [6, 6.07) is 11.7. The minimum absolute atomic E-state index is 0.620. The predicted octanol–water partition coefficient (Wildman–Crippen LogP) is 3.69. The number of hydrogen-bond donors (Lipinski definition) is 1. The van der Waals surface area contributed by atoms with Crippen molar-refractivity contribution in [2.75, 3.05) is 5.73 Å². The van der Waals surface area contributed by atoms with E-state index in [0.717, 1.165) is 27.8 Å². The maximum atomic E-state index is 5.85.